The van der Waals surface area contributed by atoms with Gasteiger partial charge in [0.25, 0.3) is 5.91 Å². The highest BCUT2D eigenvalue weighted by Gasteiger charge is 2.34. The van der Waals surface area contributed by atoms with E-state index in [0.29, 0.717) is 37.0 Å². The molecule has 0 atom stereocenters. The Morgan fingerprint density at radius 2 is 1.92 bits per heavy atom. The molecule has 1 saturated heterocycles. The van der Waals surface area contributed by atoms with Crippen molar-refractivity contribution in [2.24, 2.45) is 0 Å². The molecule has 1 aliphatic rings. The Kier molecular flexibility index (Phi) is 6.42. The van der Waals surface area contributed by atoms with Crippen LogP contribution in [0.15, 0.2) is 54.7 Å². The second-order valence-electron chi connectivity index (χ2n) is 8.36. The predicted molar refractivity (Wildman–Crippen MR) is 125 cm³/mol. The fourth-order valence-electron chi connectivity index (χ4n) is 4.08. The van der Waals surface area contributed by atoms with Crippen LogP contribution in [-0.2, 0) is 17.5 Å². The quantitative estimate of drug-likeness (QED) is 0.383. The Morgan fingerprint density at radius 1 is 1.11 bits per heavy atom. The van der Waals surface area contributed by atoms with E-state index in [1.165, 1.54) is 6.07 Å². The lowest BCUT2D eigenvalue weighted by Crippen LogP contribution is -2.35. The van der Waals surface area contributed by atoms with Gasteiger partial charge in [0, 0.05) is 25.2 Å². The highest BCUT2D eigenvalue weighted by Crippen LogP contribution is 2.37. The maximum absolute atomic E-state index is 13.8. The molecule has 36 heavy (non-hydrogen) atoms. The van der Waals surface area contributed by atoms with Crippen molar-refractivity contribution in [3.8, 4) is 11.4 Å². The summed E-state index contributed by atoms with van der Waals surface area (Å²) < 4.78 is 59.6. The van der Waals surface area contributed by atoms with Gasteiger partial charge in [-0.05, 0) is 42.5 Å². The zero-order chi connectivity index (χ0) is 25.3. The molecular formula is C25H21F4N5O2. The van der Waals surface area contributed by atoms with Gasteiger partial charge in [0.2, 0.25) is 0 Å². The van der Waals surface area contributed by atoms with Crippen molar-refractivity contribution in [2.45, 2.75) is 12.7 Å². The molecule has 1 aliphatic heterocycles. The second-order valence-corrected chi connectivity index (χ2v) is 8.36. The number of amides is 1. The van der Waals surface area contributed by atoms with Crippen LogP contribution in [0.5, 0.6) is 0 Å². The number of aromatic nitrogens is 3. The number of fused-ring (bicyclic) bond motifs is 1. The van der Waals surface area contributed by atoms with Crippen molar-refractivity contribution >= 4 is 22.6 Å². The van der Waals surface area contributed by atoms with E-state index in [9.17, 15) is 22.4 Å². The van der Waals surface area contributed by atoms with E-state index in [2.05, 4.69) is 25.2 Å². The number of H-pyrrole nitrogens is 1. The number of halogens is 4. The maximum atomic E-state index is 13.8. The number of pyridine rings is 1. The maximum Gasteiger partial charge on any atom is 0.417 e. The summed E-state index contributed by atoms with van der Waals surface area (Å²) >= 11 is 0. The summed E-state index contributed by atoms with van der Waals surface area (Å²) in [4.78, 5) is 26.6. The molecule has 1 amide bonds. The number of para-hydroxylation sites is 1. The van der Waals surface area contributed by atoms with E-state index in [1.807, 2.05) is 6.07 Å². The molecule has 0 bridgehead atoms. The third kappa shape index (κ3) is 5.07. The number of nitrogens with one attached hydrogen (secondary N) is 2. The first-order valence-corrected chi connectivity index (χ1v) is 11.2. The van der Waals surface area contributed by atoms with E-state index in [4.69, 9.17) is 4.74 Å². The Balaban J connectivity index is 1.39. The molecule has 2 N–H and O–H groups in total. The number of alkyl halides is 3. The van der Waals surface area contributed by atoms with E-state index >= 15 is 0 Å². The zero-order valence-electron chi connectivity index (χ0n) is 18.9. The van der Waals surface area contributed by atoms with Gasteiger partial charge in [-0.3, -0.25) is 14.7 Å². The Hall–Kier alpha value is -3.83. The van der Waals surface area contributed by atoms with Gasteiger partial charge < -0.3 is 15.0 Å². The highest BCUT2D eigenvalue weighted by atomic mass is 19.4. The lowest BCUT2D eigenvalue weighted by molar-refractivity contribution is -0.137. The van der Waals surface area contributed by atoms with Gasteiger partial charge >= 0.3 is 6.18 Å². The lowest BCUT2D eigenvalue weighted by atomic mass is 10.1. The molecule has 186 valence electrons. The molecule has 2 aromatic heterocycles. The molecule has 0 unspecified atom stereocenters. The number of hydrogen-bond acceptors (Lipinski definition) is 5. The van der Waals surface area contributed by atoms with E-state index in [-0.39, 0.29) is 16.9 Å². The smallest absolute Gasteiger partial charge is 0.379 e. The summed E-state index contributed by atoms with van der Waals surface area (Å²) in [6.07, 6.45) is -3.16. The molecule has 2 aromatic carbocycles. The minimum Gasteiger partial charge on any atom is -0.379 e. The van der Waals surface area contributed by atoms with Crippen LogP contribution in [0.3, 0.4) is 0 Å². The normalized spacial score (nSPS) is 14.8. The molecule has 7 nitrogen and oxygen atoms in total. The number of imidazole rings is 1. The first-order valence-electron chi connectivity index (χ1n) is 11.2. The molecule has 0 spiro atoms. The molecule has 5 rings (SSSR count). The molecule has 3 heterocycles. The number of rotatable bonds is 5. The number of nitrogens with zero attached hydrogens (tertiary/aromatic N) is 3. The van der Waals surface area contributed by atoms with Crippen LogP contribution >= 0.6 is 0 Å². The summed E-state index contributed by atoms with van der Waals surface area (Å²) in [5.41, 5.74) is 0.500. The van der Waals surface area contributed by atoms with E-state index in [1.54, 1.807) is 24.4 Å². The number of carbonyl (C=O) groups is 1. The molecular weight excluding hydrogens is 478 g/mol. The van der Waals surface area contributed by atoms with Gasteiger partial charge in [0.05, 0.1) is 47.4 Å². The molecule has 4 aromatic rings. The van der Waals surface area contributed by atoms with Crippen LogP contribution < -0.4 is 5.32 Å². The fraction of sp³-hybridized carbons (Fsp3) is 0.240. The van der Waals surface area contributed by atoms with E-state index in [0.717, 1.165) is 30.9 Å². The van der Waals surface area contributed by atoms with Crippen LogP contribution in [0.1, 0.15) is 21.6 Å². The fourth-order valence-corrected chi connectivity index (χ4v) is 4.08. The Labute approximate surface area is 203 Å². The van der Waals surface area contributed by atoms with Crippen LogP contribution in [0.2, 0.25) is 0 Å². The van der Waals surface area contributed by atoms with Crippen molar-refractivity contribution in [3.05, 3.63) is 77.4 Å². The van der Waals surface area contributed by atoms with Gasteiger partial charge in [-0.15, -0.1) is 0 Å². The average molecular weight is 499 g/mol. The second kappa shape index (κ2) is 9.67. The molecule has 11 heteroatoms. The van der Waals surface area contributed by atoms with Crippen molar-refractivity contribution in [3.63, 3.8) is 0 Å². The molecule has 1 fully saturated rings. The minimum atomic E-state index is -4.71. The van der Waals surface area contributed by atoms with Gasteiger partial charge in [-0.2, -0.15) is 13.2 Å². The summed E-state index contributed by atoms with van der Waals surface area (Å²) in [5.74, 6) is -1.52. The molecule has 0 aliphatic carbocycles. The zero-order valence-corrected chi connectivity index (χ0v) is 18.9. The van der Waals surface area contributed by atoms with Gasteiger partial charge in [-0.25, -0.2) is 9.37 Å². The number of ether oxygens (including phenoxy) is 1. The Bertz CT molecular complexity index is 1400. The van der Waals surface area contributed by atoms with Gasteiger partial charge in [0.1, 0.15) is 17.2 Å². The number of benzene rings is 2. The van der Waals surface area contributed by atoms with Crippen molar-refractivity contribution in [2.75, 3.05) is 31.6 Å². The standard InChI is InChI=1S/C25H21F4N5O2/c26-15-4-7-20(25(27,28)29)19(12-15)23-32-21-3-1-2-18(22(21)33-23)24(35)31-16-5-6-17(30-13-16)14-34-8-10-36-11-9-34/h1-7,12-13H,8-11,14H2,(H,31,35)(H,32,33). The predicted octanol–water partition coefficient (Wildman–Crippen LogP) is 4.87. The van der Waals surface area contributed by atoms with E-state index < -0.39 is 29.0 Å². The number of aromatic amines is 1. The largest absolute Gasteiger partial charge is 0.417 e. The van der Waals surface area contributed by atoms with Crippen LogP contribution in [0.4, 0.5) is 23.2 Å². The van der Waals surface area contributed by atoms with Crippen LogP contribution in [0.25, 0.3) is 22.4 Å². The topological polar surface area (TPSA) is 83.1 Å². The van der Waals surface area contributed by atoms with Crippen molar-refractivity contribution in [1.82, 2.24) is 19.9 Å². The third-order valence-electron chi connectivity index (χ3n) is 5.87. The minimum absolute atomic E-state index is 0.150. The lowest BCUT2D eigenvalue weighted by Gasteiger charge is -2.26. The SMILES string of the molecule is O=C(Nc1ccc(CN2CCOCC2)nc1)c1cccc2[nH]c(-c3cc(F)ccc3C(F)(F)F)nc12. The van der Waals surface area contributed by atoms with Crippen molar-refractivity contribution in [1.29, 1.82) is 0 Å². The number of anilines is 1. The Morgan fingerprint density at radius 3 is 2.64 bits per heavy atom. The highest BCUT2D eigenvalue weighted by molar-refractivity contribution is 6.11. The molecule has 0 saturated carbocycles. The number of carbonyl (C=O) groups excluding carboxylic acids is 1. The van der Waals surface area contributed by atoms with Crippen molar-refractivity contribution < 1.29 is 27.1 Å². The first kappa shape index (κ1) is 23.9. The summed E-state index contributed by atoms with van der Waals surface area (Å²) in [7, 11) is 0. The van der Waals surface area contributed by atoms with Crippen LogP contribution in [-0.4, -0.2) is 52.1 Å². The number of morpholine rings is 1. The van der Waals surface area contributed by atoms with Gasteiger partial charge in [0.15, 0.2) is 0 Å². The molecule has 0 radical (unpaired) electrons. The summed E-state index contributed by atoms with van der Waals surface area (Å²) in [5, 5.41) is 2.75. The third-order valence-corrected chi connectivity index (χ3v) is 5.87. The first-order chi connectivity index (χ1) is 17.3. The van der Waals surface area contributed by atoms with Gasteiger partial charge in [-0.1, -0.05) is 6.07 Å². The summed E-state index contributed by atoms with van der Waals surface area (Å²) in [6.45, 7) is 3.70. The number of hydrogen-bond donors (Lipinski definition) is 2. The monoisotopic (exact) mass is 499 g/mol. The average Bonchev–Trinajstić information content (AvgIpc) is 3.29. The van der Waals surface area contributed by atoms with Crippen LogP contribution in [0, 0.1) is 5.82 Å². The summed E-state index contributed by atoms with van der Waals surface area (Å²) in [6, 6.07) is 10.4.